The fourth-order valence-corrected chi connectivity index (χ4v) is 3.87. The molecular weight excluding hydrogens is 370 g/mol. The molecule has 0 unspecified atom stereocenters. The SMILES string of the molecule is C=CCN1C(=O)/C(=C/c2cc(OC)ccc2OC)S/C1=N/c1nccs1. The van der Waals surface area contributed by atoms with Gasteiger partial charge in [0.25, 0.3) is 5.91 Å². The molecule has 1 amide bonds. The molecule has 0 spiro atoms. The van der Waals surface area contributed by atoms with Crippen LogP contribution >= 0.6 is 23.1 Å². The lowest BCUT2D eigenvalue weighted by atomic mass is 10.1. The summed E-state index contributed by atoms with van der Waals surface area (Å²) in [5, 5.41) is 3.03. The zero-order valence-electron chi connectivity index (χ0n) is 14.3. The second-order valence-electron chi connectivity index (χ2n) is 5.13. The van der Waals surface area contributed by atoms with E-state index in [9.17, 15) is 4.79 Å². The Labute approximate surface area is 159 Å². The number of methoxy groups -OCH3 is 2. The number of thiazole rings is 1. The number of hydrogen-bond acceptors (Lipinski definition) is 7. The number of rotatable bonds is 6. The van der Waals surface area contributed by atoms with Crippen molar-refractivity contribution in [3.8, 4) is 11.5 Å². The Morgan fingerprint density at radius 3 is 2.85 bits per heavy atom. The van der Waals surface area contributed by atoms with E-state index in [1.807, 2.05) is 17.5 Å². The molecule has 1 fully saturated rings. The molecule has 1 aliphatic heterocycles. The Kier molecular flexibility index (Phi) is 5.75. The van der Waals surface area contributed by atoms with E-state index in [2.05, 4.69) is 16.6 Å². The molecule has 0 saturated carbocycles. The number of carbonyl (C=O) groups is 1. The molecule has 0 N–H and O–H groups in total. The third-order valence-corrected chi connectivity index (χ3v) is 5.21. The van der Waals surface area contributed by atoms with Crippen LogP contribution in [0.15, 0.2) is 52.3 Å². The highest BCUT2D eigenvalue weighted by Gasteiger charge is 2.33. The monoisotopic (exact) mass is 387 g/mol. The van der Waals surface area contributed by atoms with Crippen molar-refractivity contribution in [3.05, 3.63) is 52.9 Å². The maximum Gasteiger partial charge on any atom is 0.267 e. The molecule has 0 bridgehead atoms. The molecule has 1 saturated heterocycles. The zero-order chi connectivity index (χ0) is 18.5. The number of amides is 1. The molecule has 26 heavy (non-hydrogen) atoms. The average Bonchev–Trinajstić information content (AvgIpc) is 3.26. The van der Waals surface area contributed by atoms with Gasteiger partial charge >= 0.3 is 0 Å². The number of aromatic nitrogens is 1. The number of benzene rings is 1. The third kappa shape index (κ3) is 3.81. The van der Waals surface area contributed by atoms with E-state index < -0.39 is 0 Å². The van der Waals surface area contributed by atoms with Crippen LogP contribution in [0, 0.1) is 0 Å². The molecule has 1 aromatic heterocycles. The van der Waals surface area contributed by atoms with E-state index >= 15 is 0 Å². The lowest BCUT2D eigenvalue weighted by Crippen LogP contribution is -2.29. The van der Waals surface area contributed by atoms with E-state index in [0.29, 0.717) is 33.2 Å². The highest BCUT2D eigenvalue weighted by molar-refractivity contribution is 8.18. The molecule has 1 aliphatic rings. The highest BCUT2D eigenvalue weighted by atomic mass is 32.2. The molecule has 3 rings (SSSR count). The lowest BCUT2D eigenvalue weighted by molar-refractivity contribution is -0.121. The normalized spacial score (nSPS) is 17.2. The molecule has 2 heterocycles. The summed E-state index contributed by atoms with van der Waals surface area (Å²) in [6, 6.07) is 5.44. The zero-order valence-corrected chi connectivity index (χ0v) is 16.0. The van der Waals surface area contributed by atoms with Crippen molar-refractivity contribution < 1.29 is 14.3 Å². The lowest BCUT2D eigenvalue weighted by Gasteiger charge is -2.11. The minimum absolute atomic E-state index is 0.130. The van der Waals surface area contributed by atoms with Gasteiger partial charge in [-0.2, -0.15) is 4.99 Å². The Hall–Kier alpha value is -2.58. The standard InChI is InChI=1S/C18H17N3O3S2/c1-4-8-21-16(22)15(26-18(21)20-17-19-7-9-25-17)11-12-10-13(23-2)5-6-14(12)24-3/h4-7,9-11H,1,8H2,2-3H3/b15-11-,20-18+. The van der Waals surface area contributed by atoms with Crippen LogP contribution in [0.2, 0.25) is 0 Å². The summed E-state index contributed by atoms with van der Waals surface area (Å²) in [5.74, 6) is 1.22. The second-order valence-corrected chi connectivity index (χ2v) is 7.01. The summed E-state index contributed by atoms with van der Waals surface area (Å²) in [7, 11) is 3.19. The number of nitrogens with zero attached hydrogens (tertiary/aromatic N) is 3. The summed E-state index contributed by atoms with van der Waals surface area (Å²) in [6.45, 7) is 4.10. The first-order valence-corrected chi connectivity index (χ1v) is 9.38. The summed E-state index contributed by atoms with van der Waals surface area (Å²) in [4.78, 5) is 23.6. The van der Waals surface area contributed by atoms with Gasteiger partial charge in [-0.25, -0.2) is 4.98 Å². The highest BCUT2D eigenvalue weighted by Crippen LogP contribution is 2.36. The van der Waals surface area contributed by atoms with E-state index in [1.165, 1.54) is 23.1 Å². The van der Waals surface area contributed by atoms with Gasteiger partial charge in [0, 0.05) is 23.7 Å². The van der Waals surface area contributed by atoms with E-state index in [4.69, 9.17) is 9.47 Å². The quantitative estimate of drug-likeness (QED) is 0.555. The van der Waals surface area contributed by atoms with Crippen molar-refractivity contribution in [2.24, 2.45) is 4.99 Å². The van der Waals surface area contributed by atoms with Gasteiger partial charge in [-0.1, -0.05) is 6.08 Å². The van der Waals surface area contributed by atoms with Crippen LogP contribution in [-0.4, -0.2) is 41.7 Å². The van der Waals surface area contributed by atoms with Gasteiger partial charge in [0.05, 0.1) is 19.1 Å². The molecule has 0 aliphatic carbocycles. The second kappa shape index (κ2) is 8.20. The largest absolute Gasteiger partial charge is 0.497 e. The van der Waals surface area contributed by atoms with Gasteiger partial charge in [-0.05, 0) is 36.0 Å². The van der Waals surface area contributed by atoms with Crippen LogP contribution in [-0.2, 0) is 4.79 Å². The number of hydrogen-bond donors (Lipinski definition) is 0. The van der Waals surface area contributed by atoms with Gasteiger partial charge in [0.2, 0.25) is 5.13 Å². The van der Waals surface area contributed by atoms with E-state index in [0.717, 1.165) is 5.56 Å². The van der Waals surface area contributed by atoms with Crippen molar-refractivity contribution in [2.75, 3.05) is 20.8 Å². The van der Waals surface area contributed by atoms with Crippen LogP contribution in [0.25, 0.3) is 6.08 Å². The summed E-state index contributed by atoms with van der Waals surface area (Å²) in [5.41, 5.74) is 0.761. The third-order valence-electron chi connectivity index (χ3n) is 3.53. The van der Waals surface area contributed by atoms with Crippen molar-refractivity contribution in [1.29, 1.82) is 0 Å². The molecular formula is C18H17N3O3S2. The maximum atomic E-state index is 12.8. The fraction of sp³-hybridized carbons (Fsp3) is 0.167. The number of aliphatic imine (C=N–C) groups is 1. The van der Waals surface area contributed by atoms with Crippen LogP contribution in [0.3, 0.4) is 0 Å². The minimum atomic E-state index is -0.130. The summed E-state index contributed by atoms with van der Waals surface area (Å²) in [6.07, 6.45) is 5.14. The topological polar surface area (TPSA) is 64.0 Å². The van der Waals surface area contributed by atoms with Gasteiger partial charge in [-0.3, -0.25) is 9.69 Å². The summed E-state index contributed by atoms with van der Waals surface area (Å²) < 4.78 is 10.7. The first-order valence-electron chi connectivity index (χ1n) is 7.68. The van der Waals surface area contributed by atoms with E-state index in [-0.39, 0.29) is 5.91 Å². The molecule has 6 nitrogen and oxygen atoms in total. The Balaban J connectivity index is 1.99. The van der Waals surface area contributed by atoms with Gasteiger partial charge in [-0.15, -0.1) is 17.9 Å². The fourth-order valence-electron chi connectivity index (χ4n) is 2.33. The molecule has 2 aromatic rings. The van der Waals surface area contributed by atoms with Crippen LogP contribution in [0.1, 0.15) is 5.56 Å². The number of thioether (sulfide) groups is 1. The predicted molar refractivity (Wildman–Crippen MR) is 106 cm³/mol. The molecule has 134 valence electrons. The van der Waals surface area contributed by atoms with Crippen LogP contribution in [0.5, 0.6) is 11.5 Å². The Bertz CT molecular complexity index is 876. The minimum Gasteiger partial charge on any atom is -0.497 e. The Morgan fingerprint density at radius 1 is 1.35 bits per heavy atom. The average molecular weight is 387 g/mol. The maximum absolute atomic E-state index is 12.8. The number of amidine groups is 1. The van der Waals surface area contributed by atoms with Crippen LogP contribution in [0.4, 0.5) is 5.13 Å². The molecule has 0 atom stereocenters. The first-order chi connectivity index (χ1) is 12.7. The van der Waals surface area contributed by atoms with E-state index in [1.54, 1.807) is 43.5 Å². The van der Waals surface area contributed by atoms with Crippen molar-refractivity contribution >= 4 is 45.4 Å². The predicted octanol–water partition coefficient (Wildman–Crippen LogP) is 3.95. The van der Waals surface area contributed by atoms with Gasteiger partial charge in [0.1, 0.15) is 11.5 Å². The van der Waals surface area contributed by atoms with Crippen molar-refractivity contribution in [1.82, 2.24) is 9.88 Å². The number of carbonyl (C=O) groups excluding carboxylic acids is 1. The van der Waals surface area contributed by atoms with Gasteiger partial charge in [0.15, 0.2) is 5.17 Å². The smallest absolute Gasteiger partial charge is 0.267 e. The van der Waals surface area contributed by atoms with Crippen molar-refractivity contribution in [2.45, 2.75) is 0 Å². The number of ether oxygens (including phenoxy) is 2. The van der Waals surface area contributed by atoms with Crippen LogP contribution < -0.4 is 9.47 Å². The molecule has 1 aromatic carbocycles. The first kappa shape index (κ1) is 18.2. The Morgan fingerprint density at radius 2 is 2.19 bits per heavy atom. The molecule has 0 radical (unpaired) electrons. The van der Waals surface area contributed by atoms with Gasteiger partial charge < -0.3 is 9.47 Å². The van der Waals surface area contributed by atoms with Crippen molar-refractivity contribution in [3.63, 3.8) is 0 Å². The molecule has 8 heteroatoms. The summed E-state index contributed by atoms with van der Waals surface area (Å²) >= 11 is 2.72.